The number of carbonyl (C=O) groups is 2. The van der Waals surface area contributed by atoms with Gasteiger partial charge in [0.1, 0.15) is 5.75 Å². The first-order valence-corrected chi connectivity index (χ1v) is 7.42. The van der Waals surface area contributed by atoms with E-state index in [1.54, 1.807) is 12.1 Å². The molecule has 1 aliphatic rings. The van der Waals surface area contributed by atoms with Gasteiger partial charge in [0.2, 0.25) is 0 Å². The summed E-state index contributed by atoms with van der Waals surface area (Å²) in [6.07, 6.45) is 1.75. The lowest BCUT2D eigenvalue weighted by Crippen LogP contribution is -2.36. The van der Waals surface area contributed by atoms with Gasteiger partial charge in [-0.05, 0) is 37.5 Å². The molecule has 114 valence electrons. The Bertz CT molecular complexity index is 550. The maximum Gasteiger partial charge on any atom is 0.319 e. The molecule has 2 rings (SSSR count). The molecule has 1 aromatic carbocycles. The van der Waals surface area contributed by atoms with E-state index in [1.807, 2.05) is 6.07 Å². The second-order valence-electron chi connectivity index (χ2n) is 4.99. The normalized spacial score (nSPS) is 20.9. The Kier molecular flexibility index (Phi) is 5.06. The molecule has 1 aliphatic carbocycles. The number of aliphatic carboxylic acids is 1. The number of amides is 2. The Labute approximate surface area is 131 Å². The van der Waals surface area contributed by atoms with Crippen LogP contribution in [-0.4, -0.2) is 30.3 Å². The van der Waals surface area contributed by atoms with Crippen molar-refractivity contribution in [2.45, 2.75) is 25.3 Å². The van der Waals surface area contributed by atoms with E-state index in [4.69, 9.17) is 9.84 Å². The highest BCUT2D eigenvalue weighted by molar-refractivity contribution is 9.10. The molecular formula is C14H17BrN2O4. The van der Waals surface area contributed by atoms with Crippen LogP contribution in [-0.2, 0) is 4.79 Å². The van der Waals surface area contributed by atoms with Gasteiger partial charge in [-0.3, -0.25) is 4.79 Å². The molecule has 2 unspecified atom stereocenters. The highest BCUT2D eigenvalue weighted by Gasteiger charge is 2.30. The van der Waals surface area contributed by atoms with Gasteiger partial charge >= 0.3 is 12.0 Å². The predicted octanol–water partition coefficient (Wildman–Crippen LogP) is 2.83. The van der Waals surface area contributed by atoms with E-state index < -0.39 is 5.97 Å². The third kappa shape index (κ3) is 4.10. The van der Waals surface area contributed by atoms with E-state index in [0.717, 1.165) is 4.47 Å². The number of benzene rings is 1. The van der Waals surface area contributed by atoms with Crippen molar-refractivity contribution in [2.24, 2.45) is 5.92 Å². The fourth-order valence-electron chi connectivity index (χ4n) is 2.46. The van der Waals surface area contributed by atoms with E-state index in [-0.39, 0.29) is 18.0 Å². The van der Waals surface area contributed by atoms with Gasteiger partial charge in [0.25, 0.3) is 0 Å². The number of halogens is 1. The summed E-state index contributed by atoms with van der Waals surface area (Å²) in [4.78, 5) is 22.9. The molecule has 1 saturated carbocycles. The van der Waals surface area contributed by atoms with Gasteiger partial charge in [-0.2, -0.15) is 0 Å². The summed E-state index contributed by atoms with van der Waals surface area (Å²) >= 11 is 3.33. The quantitative estimate of drug-likeness (QED) is 0.773. The molecule has 0 heterocycles. The lowest BCUT2D eigenvalue weighted by atomic mass is 10.1. The van der Waals surface area contributed by atoms with Crippen LogP contribution in [0.15, 0.2) is 22.7 Å². The number of carboxylic acids is 1. The zero-order chi connectivity index (χ0) is 15.4. The average Bonchev–Trinajstić information content (AvgIpc) is 2.87. The van der Waals surface area contributed by atoms with Crippen molar-refractivity contribution in [3.8, 4) is 5.75 Å². The molecule has 21 heavy (non-hydrogen) atoms. The zero-order valence-corrected chi connectivity index (χ0v) is 13.1. The number of urea groups is 1. The number of hydrogen-bond donors (Lipinski definition) is 3. The van der Waals surface area contributed by atoms with Gasteiger partial charge in [0.15, 0.2) is 0 Å². The number of hydrogen-bond acceptors (Lipinski definition) is 3. The van der Waals surface area contributed by atoms with Crippen LogP contribution in [0.3, 0.4) is 0 Å². The third-order valence-electron chi connectivity index (χ3n) is 3.53. The maximum atomic E-state index is 12.0. The van der Waals surface area contributed by atoms with E-state index in [9.17, 15) is 9.59 Å². The zero-order valence-electron chi connectivity index (χ0n) is 11.6. The Hall–Kier alpha value is -1.76. The van der Waals surface area contributed by atoms with Gasteiger partial charge < -0.3 is 20.5 Å². The number of carboxylic acid groups (broad SMARTS) is 1. The summed E-state index contributed by atoms with van der Waals surface area (Å²) in [5, 5.41) is 14.5. The molecular weight excluding hydrogens is 340 g/mol. The van der Waals surface area contributed by atoms with Gasteiger partial charge in [0.05, 0.1) is 18.7 Å². The van der Waals surface area contributed by atoms with Crippen LogP contribution in [0.25, 0.3) is 0 Å². The molecule has 0 aliphatic heterocycles. The van der Waals surface area contributed by atoms with Gasteiger partial charge in [-0.25, -0.2) is 4.79 Å². The Morgan fingerprint density at radius 3 is 2.76 bits per heavy atom. The number of anilines is 1. The van der Waals surface area contributed by atoms with Crippen molar-refractivity contribution >= 4 is 33.6 Å². The van der Waals surface area contributed by atoms with E-state index in [0.29, 0.717) is 30.7 Å². The first kappa shape index (κ1) is 15.6. The number of carbonyl (C=O) groups excluding carboxylic acids is 1. The van der Waals surface area contributed by atoms with E-state index in [1.165, 1.54) is 7.11 Å². The predicted molar refractivity (Wildman–Crippen MR) is 81.6 cm³/mol. The van der Waals surface area contributed by atoms with Crippen molar-refractivity contribution in [2.75, 3.05) is 12.4 Å². The first-order valence-electron chi connectivity index (χ1n) is 6.63. The molecule has 7 heteroatoms. The lowest BCUT2D eigenvalue weighted by Gasteiger charge is -2.15. The molecule has 0 saturated heterocycles. The minimum Gasteiger partial charge on any atom is -0.495 e. The van der Waals surface area contributed by atoms with Crippen LogP contribution < -0.4 is 15.4 Å². The third-order valence-corrected chi connectivity index (χ3v) is 4.02. The van der Waals surface area contributed by atoms with Crippen molar-refractivity contribution in [3.05, 3.63) is 22.7 Å². The fourth-order valence-corrected chi connectivity index (χ4v) is 2.82. The maximum absolute atomic E-state index is 12.0. The van der Waals surface area contributed by atoms with Crippen LogP contribution >= 0.6 is 15.9 Å². The van der Waals surface area contributed by atoms with Gasteiger partial charge in [-0.15, -0.1) is 0 Å². The largest absolute Gasteiger partial charge is 0.495 e. The number of ether oxygens (including phenoxy) is 1. The van der Waals surface area contributed by atoms with Gasteiger partial charge in [-0.1, -0.05) is 15.9 Å². The molecule has 3 N–H and O–H groups in total. The SMILES string of the molecule is COc1ccc(Br)cc1NC(=O)NC1CCC(C(=O)O)C1. The summed E-state index contributed by atoms with van der Waals surface area (Å²) in [6, 6.07) is 4.84. The Morgan fingerprint density at radius 1 is 1.38 bits per heavy atom. The second-order valence-corrected chi connectivity index (χ2v) is 5.90. The summed E-state index contributed by atoms with van der Waals surface area (Å²) in [6.45, 7) is 0. The number of methoxy groups -OCH3 is 1. The molecule has 1 fully saturated rings. The first-order chi connectivity index (χ1) is 9.99. The van der Waals surface area contributed by atoms with Crippen molar-refractivity contribution < 1.29 is 19.4 Å². The minimum atomic E-state index is -0.798. The van der Waals surface area contributed by atoms with Crippen LogP contribution in [0.1, 0.15) is 19.3 Å². The smallest absolute Gasteiger partial charge is 0.319 e. The second kappa shape index (κ2) is 6.80. The minimum absolute atomic E-state index is 0.107. The van der Waals surface area contributed by atoms with E-state index in [2.05, 4.69) is 26.6 Å². The van der Waals surface area contributed by atoms with Crippen LogP contribution in [0.5, 0.6) is 5.75 Å². The molecule has 1 aromatic rings. The van der Waals surface area contributed by atoms with Crippen LogP contribution in [0.4, 0.5) is 10.5 Å². The summed E-state index contributed by atoms with van der Waals surface area (Å²) in [7, 11) is 1.53. The summed E-state index contributed by atoms with van der Waals surface area (Å²) in [5.41, 5.74) is 0.553. The molecule has 2 amide bonds. The highest BCUT2D eigenvalue weighted by atomic mass is 79.9. The van der Waals surface area contributed by atoms with Crippen molar-refractivity contribution in [1.82, 2.24) is 5.32 Å². The molecule has 0 aromatic heterocycles. The van der Waals surface area contributed by atoms with Crippen molar-refractivity contribution in [3.63, 3.8) is 0 Å². The van der Waals surface area contributed by atoms with Crippen LogP contribution in [0.2, 0.25) is 0 Å². The summed E-state index contributed by atoms with van der Waals surface area (Å²) in [5.74, 6) is -0.604. The molecule has 0 bridgehead atoms. The highest BCUT2D eigenvalue weighted by Crippen LogP contribution is 2.28. The fraction of sp³-hybridized carbons (Fsp3) is 0.429. The van der Waals surface area contributed by atoms with Gasteiger partial charge in [0, 0.05) is 10.5 Å². The number of rotatable bonds is 4. The topological polar surface area (TPSA) is 87.7 Å². The Balaban J connectivity index is 1.93. The number of nitrogens with one attached hydrogen (secondary N) is 2. The molecule has 6 nitrogen and oxygen atoms in total. The van der Waals surface area contributed by atoms with Crippen molar-refractivity contribution in [1.29, 1.82) is 0 Å². The standard InChI is InChI=1S/C14H17BrN2O4/c1-21-12-5-3-9(15)7-11(12)17-14(20)16-10-4-2-8(6-10)13(18)19/h3,5,7-8,10H,2,4,6H2,1H3,(H,18,19)(H2,16,17,20). The molecule has 2 atom stereocenters. The average molecular weight is 357 g/mol. The Morgan fingerprint density at radius 2 is 2.14 bits per heavy atom. The molecule has 0 radical (unpaired) electrons. The summed E-state index contributed by atoms with van der Waals surface area (Å²) < 4.78 is 6.00. The molecule has 0 spiro atoms. The monoisotopic (exact) mass is 356 g/mol. The lowest BCUT2D eigenvalue weighted by molar-refractivity contribution is -0.141. The van der Waals surface area contributed by atoms with E-state index >= 15 is 0 Å². The van der Waals surface area contributed by atoms with Crippen LogP contribution in [0, 0.1) is 5.92 Å².